The maximum Gasteiger partial charge on any atom is 0.213 e. The molecular weight excluding hydrogens is 372 g/mol. The first-order valence-corrected chi connectivity index (χ1v) is 8.98. The Balaban J connectivity index is 2.07. The molecule has 0 aliphatic carbocycles. The number of nitrogens with two attached hydrogens (primary N) is 1. The number of ether oxygens (including phenoxy) is 3. The third-order valence-electron chi connectivity index (χ3n) is 4.26. The van der Waals surface area contributed by atoms with Crippen molar-refractivity contribution in [3.63, 3.8) is 0 Å². The van der Waals surface area contributed by atoms with E-state index in [0.29, 0.717) is 52.5 Å². The zero-order valence-electron chi connectivity index (χ0n) is 16.3. The number of aromatic nitrogens is 5. The van der Waals surface area contributed by atoms with Crippen LogP contribution in [-0.2, 0) is 0 Å². The van der Waals surface area contributed by atoms with E-state index in [1.165, 1.54) is 6.20 Å². The Bertz CT molecular complexity index is 1150. The Morgan fingerprint density at radius 3 is 2.38 bits per heavy atom. The zero-order valence-corrected chi connectivity index (χ0v) is 16.3. The molecule has 0 bridgehead atoms. The van der Waals surface area contributed by atoms with Crippen molar-refractivity contribution in [2.75, 3.05) is 26.6 Å². The van der Waals surface area contributed by atoms with Crippen LogP contribution in [0.1, 0.15) is 6.92 Å². The van der Waals surface area contributed by atoms with Gasteiger partial charge in [-0.05, 0) is 25.1 Å². The number of pyridine rings is 1. The number of rotatable bonds is 6. The van der Waals surface area contributed by atoms with Gasteiger partial charge in [-0.25, -0.2) is 19.9 Å². The minimum atomic E-state index is 0.273. The molecule has 148 valence electrons. The quantitative estimate of drug-likeness (QED) is 0.533. The highest BCUT2D eigenvalue weighted by Crippen LogP contribution is 2.37. The molecule has 0 aliphatic heterocycles. The molecular formula is C20H20N6O3. The molecule has 9 nitrogen and oxygen atoms in total. The molecule has 0 unspecified atom stereocenters. The molecule has 0 saturated carbocycles. The van der Waals surface area contributed by atoms with Crippen LogP contribution in [0, 0.1) is 0 Å². The van der Waals surface area contributed by atoms with Crippen LogP contribution < -0.4 is 19.9 Å². The monoisotopic (exact) mass is 392 g/mol. The fourth-order valence-corrected chi connectivity index (χ4v) is 3.07. The summed E-state index contributed by atoms with van der Waals surface area (Å²) in [6.07, 6.45) is 1.47. The third-order valence-corrected chi connectivity index (χ3v) is 4.26. The van der Waals surface area contributed by atoms with Crippen LogP contribution in [0.25, 0.3) is 28.5 Å². The highest BCUT2D eigenvalue weighted by molar-refractivity contribution is 5.79. The molecule has 4 aromatic rings. The first-order chi connectivity index (χ1) is 14.2. The number of nitrogens with zero attached hydrogens (tertiary/aromatic N) is 5. The normalized spacial score (nSPS) is 10.9. The van der Waals surface area contributed by atoms with Crippen molar-refractivity contribution in [1.82, 2.24) is 24.5 Å². The Hall–Kier alpha value is -3.88. The van der Waals surface area contributed by atoms with E-state index >= 15 is 0 Å². The molecule has 29 heavy (non-hydrogen) atoms. The standard InChI is InChI=1S/C20H20N6O3/c1-4-29-16-10-5-7-12(23-16)19-25-18-20(24-15(21)11-22-18)26(19)17-13(27-2)8-6-9-14(17)28-3/h5-11H,4H2,1-3H3,(H2,21,24). The first kappa shape index (κ1) is 18.5. The summed E-state index contributed by atoms with van der Waals surface area (Å²) in [6, 6.07) is 11.0. The number of benzene rings is 1. The smallest absolute Gasteiger partial charge is 0.213 e. The van der Waals surface area contributed by atoms with Gasteiger partial charge in [-0.3, -0.25) is 4.57 Å². The van der Waals surface area contributed by atoms with E-state index in [0.717, 1.165) is 0 Å². The zero-order chi connectivity index (χ0) is 20.4. The van der Waals surface area contributed by atoms with E-state index < -0.39 is 0 Å². The van der Waals surface area contributed by atoms with Gasteiger partial charge in [0.05, 0.1) is 27.0 Å². The van der Waals surface area contributed by atoms with Crippen LogP contribution in [0.3, 0.4) is 0 Å². The second-order valence-corrected chi connectivity index (χ2v) is 6.02. The maximum absolute atomic E-state index is 5.91. The summed E-state index contributed by atoms with van der Waals surface area (Å²) in [5.74, 6) is 2.44. The first-order valence-electron chi connectivity index (χ1n) is 8.98. The highest BCUT2D eigenvalue weighted by Gasteiger charge is 2.23. The van der Waals surface area contributed by atoms with Gasteiger partial charge in [-0.1, -0.05) is 12.1 Å². The van der Waals surface area contributed by atoms with E-state index in [4.69, 9.17) is 19.9 Å². The van der Waals surface area contributed by atoms with Gasteiger partial charge < -0.3 is 19.9 Å². The fraction of sp³-hybridized carbons (Fsp3) is 0.200. The van der Waals surface area contributed by atoms with Crippen molar-refractivity contribution >= 4 is 17.1 Å². The lowest BCUT2D eigenvalue weighted by Gasteiger charge is -2.16. The topological polar surface area (TPSA) is 110 Å². The third kappa shape index (κ3) is 3.27. The molecule has 4 rings (SSSR count). The predicted molar refractivity (Wildman–Crippen MR) is 109 cm³/mol. The number of anilines is 1. The minimum Gasteiger partial charge on any atom is -0.494 e. The lowest BCUT2D eigenvalue weighted by atomic mass is 10.2. The van der Waals surface area contributed by atoms with Gasteiger partial charge in [0.2, 0.25) is 5.88 Å². The van der Waals surface area contributed by atoms with Crippen molar-refractivity contribution < 1.29 is 14.2 Å². The van der Waals surface area contributed by atoms with E-state index in [2.05, 4.69) is 19.9 Å². The average molecular weight is 392 g/mol. The number of imidazole rings is 1. The Morgan fingerprint density at radius 1 is 0.966 bits per heavy atom. The van der Waals surface area contributed by atoms with E-state index in [1.54, 1.807) is 24.9 Å². The van der Waals surface area contributed by atoms with Gasteiger partial charge in [0.1, 0.15) is 28.7 Å². The van der Waals surface area contributed by atoms with Gasteiger partial charge in [-0.15, -0.1) is 0 Å². The van der Waals surface area contributed by atoms with Crippen molar-refractivity contribution in [2.45, 2.75) is 6.92 Å². The number of para-hydroxylation sites is 1. The van der Waals surface area contributed by atoms with Crippen molar-refractivity contribution in [3.05, 3.63) is 42.6 Å². The van der Waals surface area contributed by atoms with Gasteiger partial charge in [-0.2, -0.15) is 0 Å². The summed E-state index contributed by atoms with van der Waals surface area (Å²) in [6.45, 7) is 2.41. The van der Waals surface area contributed by atoms with Crippen LogP contribution in [-0.4, -0.2) is 45.3 Å². The number of nitrogen functional groups attached to an aromatic ring is 1. The Labute approximate surface area is 167 Å². The van der Waals surface area contributed by atoms with E-state index in [1.807, 2.05) is 37.3 Å². The summed E-state index contributed by atoms with van der Waals surface area (Å²) in [4.78, 5) is 18.0. The number of fused-ring (bicyclic) bond motifs is 1. The average Bonchev–Trinajstić information content (AvgIpc) is 3.11. The molecule has 2 N–H and O–H groups in total. The van der Waals surface area contributed by atoms with E-state index in [9.17, 15) is 0 Å². The highest BCUT2D eigenvalue weighted by atomic mass is 16.5. The summed E-state index contributed by atoms with van der Waals surface area (Å²) < 4.78 is 18.5. The van der Waals surface area contributed by atoms with Crippen LogP contribution in [0.4, 0.5) is 5.82 Å². The molecule has 3 heterocycles. The van der Waals surface area contributed by atoms with Crippen molar-refractivity contribution in [3.8, 4) is 34.6 Å². The SMILES string of the molecule is CCOc1cccc(-c2nc3ncc(N)nc3n2-c2c(OC)cccc2OC)n1. The second-order valence-electron chi connectivity index (χ2n) is 6.02. The molecule has 9 heteroatoms. The minimum absolute atomic E-state index is 0.273. The van der Waals surface area contributed by atoms with Gasteiger partial charge >= 0.3 is 0 Å². The molecule has 0 radical (unpaired) electrons. The molecule has 0 amide bonds. The molecule has 0 saturated heterocycles. The van der Waals surface area contributed by atoms with Gasteiger partial charge in [0.25, 0.3) is 0 Å². The van der Waals surface area contributed by atoms with Crippen LogP contribution in [0.5, 0.6) is 17.4 Å². The van der Waals surface area contributed by atoms with Crippen LogP contribution in [0.15, 0.2) is 42.6 Å². The molecule has 3 aromatic heterocycles. The summed E-state index contributed by atoms with van der Waals surface area (Å²) in [5, 5.41) is 0. The molecule has 0 aliphatic rings. The van der Waals surface area contributed by atoms with Crippen LogP contribution >= 0.6 is 0 Å². The number of methoxy groups -OCH3 is 2. The summed E-state index contributed by atoms with van der Waals surface area (Å²) >= 11 is 0. The summed E-state index contributed by atoms with van der Waals surface area (Å²) in [5.41, 5.74) is 8.01. The molecule has 0 fully saturated rings. The van der Waals surface area contributed by atoms with Crippen LogP contribution in [0.2, 0.25) is 0 Å². The van der Waals surface area contributed by atoms with Crippen molar-refractivity contribution in [2.24, 2.45) is 0 Å². The summed E-state index contributed by atoms with van der Waals surface area (Å²) in [7, 11) is 3.18. The number of hydrogen-bond donors (Lipinski definition) is 1. The largest absolute Gasteiger partial charge is 0.494 e. The van der Waals surface area contributed by atoms with Gasteiger partial charge in [0.15, 0.2) is 17.1 Å². The fourth-order valence-electron chi connectivity index (χ4n) is 3.07. The maximum atomic E-state index is 5.91. The second kappa shape index (κ2) is 7.63. The molecule has 0 spiro atoms. The van der Waals surface area contributed by atoms with E-state index in [-0.39, 0.29) is 5.82 Å². The molecule has 0 atom stereocenters. The Morgan fingerprint density at radius 2 is 1.69 bits per heavy atom. The van der Waals surface area contributed by atoms with Crippen molar-refractivity contribution in [1.29, 1.82) is 0 Å². The predicted octanol–water partition coefficient (Wildman–Crippen LogP) is 2.88. The molecule has 1 aromatic carbocycles. The van der Waals surface area contributed by atoms with Gasteiger partial charge in [0, 0.05) is 6.07 Å². The lowest BCUT2D eigenvalue weighted by molar-refractivity contribution is 0.327. The lowest BCUT2D eigenvalue weighted by Crippen LogP contribution is -2.06. The Kier molecular flexibility index (Phi) is 4.86. The number of hydrogen-bond acceptors (Lipinski definition) is 8.